The fourth-order valence-corrected chi connectivity index (χ4v) is 1.54. The van der Waals surface area contributed by atoms with Crippen LogP contribution in [0.2, 0.25) is 0 Å². The first-order valence-electron chi connectivity index (χ1n) is 5.48. The zero-order valence-electron chi connectivity index (χ0n) is 10.5. The zero-order valence-corrected chi connectivity index (χ0v) is 10.5. The highest BCUT2D eigenvalue weighted by molar-refractivity contribution is 5.68. The highest BCUT2D eigenvalue weighted by Crippen LogP contribution is 2.31. The van der Waals surface area contributed by atoms with Crippen molar-refractivity contribution in [1.82, 2.24) is 0 Å². The monoisotopic (exact) mass is 255 g/mol. The standard InChI is InChI=1S/C11H17N3O4/c1-4-11(15,16)13(3)8-5-6-9(12-2)10(7-8)14(17)18/h5-7,12,15-16H,4H2,1-3H3. The first kappa shape index (κ1) is 14.2. The number of nitrogens with zero attached hydrogens (tertiary/aromatic N) is 2. The van der Waals surface area contributed by atoms with Crippen molar-refractivity contribution in [3.05, 3.63) is 28.3 Å². The van der Waals surface area contributed by atoms with Gasteiger partial charge < -0.3 is 20.4 Å². The summed E-state index contributed by atoms with van der Waals surface area (Å²) < 4.78 is 0. The second kappa shape index (κ2) is 5.19. The zero-order chi connectivity index (χ0) is 13.9. The molecule has 0 fully saturated rings. The molecule has 0 aliphatic carbocycles. The van der Waals surface area contributed by atoms with Crippen molar-refractivity contribution >= 4 is 17.1 Å². The Bertz CT molecular complexity index is 448. The van der Waals surface area contributed by atoms with Crippen LogP contribution in [0.25, 0.3) is 0 Å². The van der Waals surface area contributed by atoms with Crippen molar-refractivity contribution in [1.29, 1.82) is 0 Å². The van der Waals surface area contributed by atoms with Crippen molar-refractivity contribution in [2.24, 2.45) is 0 Å². The van der Waals surface area contributed by atoms with Gasteiger partial charge in [-0.25, -0.2) is 0 Å². The Balaban J connectivity index is 3.20. The maximum absolute atomic E-state index is 10.9. The van der Waals surface area contributed by atoms with Crippen molar-refractivity contribution in [3.8, 4) is 0 Å². The fourth-order valence-electron chi connectivity index (χ4n) is 1.54. The van der Waals surface area contributed by atoms with E-state index < -0.39 is 10.8 Å². The van der Waals surface area contributed by atoms with E-state index in [1.807, 2.05) is 0 Å². The van der Waals surface area contributed by atoms with Crippen LogP contribution in [0.1, 0.15) is 13.3 Å². The summed E-state index contributed by atoms with van der Waals surface area (Å²) in [6.45, 7) is 1.60. The minimum absolute atomic E-state index is 0.0745. The summed E-state index contributed by atoms with van der Waals surface area (Å²) >= 11 is 0. The Kier molecular flexibility index (Phi) is 4.10. The minimum Gasteiger partial charge on any atom is -0.383 e. The maximum atomic E-state index is 10.9. The van der Waals surface area contributed by atoms with Crippen molar-refractivity contribution in [3.63, 3.8) is 0 Å². The second-order valence-corrected chi connectivity index (χ2v) is 3.90. The lowest BCUT2D eigenvalue weighted by Crippen LogP contribution is -2.46. The predicted octanol–water partition coefficient (Wildman–Crippen LogP) is 1.12. The van der Waals surface area contributed by atoms with Gasteiger partial charge in [-0.05, 0) is 12.1 Å². The molecule has 0 bridgehead atoms. The molecular weight excluding hydrogens is 238 g/mol. The van der Waals surface area contributed by atoms with E-state index in [1.54, 1.807) is 20.0 Å². The number of benzene rings is 1. The van der Waals surface area contributed by atoms with Gasteiger partial charge in [0, 0.05) is 32.3 Å². The van der Waals surface area contributed by atoms with Gasteiger partial charge >= 0.3 is 0 Å². The molecule has 0 radical (unpaired) electrons. The molecule has 0 spiro atoms. The maximum Gasteiger partial charge on any atom is 0.294 e. The van der Waals surface area contributed by atoms with Gasteiger partial charge in [0.05, 0.1) is 4.92 Å². The molecule has 0 atom stereocenters. The summed E-state index contributed by atoms with van der Waals surface area (Å²) in [5.41, 5.74) is 0.608. The lowest BCUT2D eigenvalue weighted by Gasteiger charge is -2.32. The number of hydrogen-bond donors (Lipinski definition) is 3. The molecule has 7 heteroatoms. The summed E-state index contributed by atoms with van der Waals surface area (Å²) in [7, 11) is 3.04. The van der Waals surface area contributed by atoms with Crippen molar-refractivity contribution in [2.45, 2.75) is 19.3 Å². The molecule has 7 nitrogen and oxygen atoms in total. The van der Waals surface area contributed by atoms with E-state index >= 15 is 0 Å². The molecular formula is C11H17N3O4. The van der Waals surface area contributed by atoms with Crippen LogP contribution in [0, 0.1) is 10.1 Å². The summed E-state index contributed by atoms with van der Waals surface area (Å²) in [5, 5.41) is 33.0. The molecule has 0 amide bonds. The Morgan fingerprint density at radius 1 is 1.50 bits per heavy atom. The van der Waals surface area contributed by atoms with Crippen LogP contribution in [0.5, 0.6) is 0 Å². The molecule has 100 valence electrons. The van der Waals surface area contributed by atoms with E-state index in [1.165, 1.54) is 24.1 Å². The van der Waals surface area contributed by atoms with Gasteiger partial charge in [0.2, 0.25) is 5.91 Å². The Morgan fingerprint density at radius 2 is 2.11 bits per heavy atom. The van der Waals surface area contributed by atoms with E-state index in [-0.39, 0.29) is 12.1 Å². The first-order chi connectivity index (χ1) is 8.33. The normalized spacial score (nSPS) is 11.2. The van der Waals surface area contributed by atoms with E-state index in [2.05, 4.69) is 5.32 Å². The average Bonchev–Trinajstić information content (AvgIpc) is 2.36. The molecule has 1 aromatic rings. The number of nitro benzene ring substituents is 1. The SMILES string of the molecule is CCC(O)(O)N(C)c1ccc(NC)c([N+](=O)[O-])c1. The Morgan fingerprint density at radius 3 is 2.56 bits per heavy atom. The molecule has 0 aromatic heterocycles. The number of aliphatic hydroxyl groups is 2. The smallest absolute Gasteiger partial charge is 0.294 e. The van der Waals surface area contributed by atoms with Crippen LogP contribution in [-0.4, -0.2) is 35.1 Å². The van der Waals surface area contributed by atoms with Crippen molar-refractivity contribution in [2.75, 3.05) is 24.3 Å². The number of rotatable bonds is 5. The third-order valence-electron chi connectivity index (χ3n) is 2.85. The quantitative estimate of drug-likeness (QED) is 0.414. The van der Waals surface area contributed by atoms with Crippen LogP contribution in [0.15, 0.2) is 18.2 Å². The predicted molar refractivity (Wildman–Crippen MR) is 68.5 cm³/mol. The summed E-state index contributed by atoms with van der Waals surface area (Å²) in [5.74, 6) is -2.03. The molecule has 0 saturated heterocycles. The number of anilines is 2. The topological polar surface area (TPSA) is 98.9 Å². The summed E-state index contributed by atoms with van der Waals surface area (Å²) in [6.07, 6.45) is 0.0745. The molecule has 0 aliphatic heterocycles. The largest absolute Gasteiger partial charge is 0.383 e. The van der Waals surface area contributed by atoms with Gasteiger partial charge in [-0.2, -0.15) is 0 Å². The lowest BCUT2D eigenvalue weighted by atomic mass is 10.2. The second-order valence-electron chi connectivity index (χ2n) is 3.90. The van der Waals surface area contributed by atoms with Crippen LogP contribution >= 0.6 is 0 Å². The first-order valence-corrected chi connectivity index (χ1v) is 5.48. The highest BCUT2D eigenvalue weighted by atomic mass is 16.6. The molecule has 1 aromatic carbocycles. The molecule has 0 saturated carbocycles. The Labute approximate surface area is 105 Å². The van der Waals surface area contributed by atoms with Crippen LogP contribution in [0.3, 0.4) is 0 Å². The highest BCUT2D eigenvalue weighted by Gasteiger charge is 2.28. The fraction of sp³-hybridized carbons (Fsp3) is 0.455. The van der Waals surface area contributed by atoms with Gasteiger partial charge in [0.1, 0.15) is 5.69 Å². The van der Waals surface area contributed by atoms with Gasteiger partial charge in [-0.3, -0.25) is 10.1 Å². The summed E-state index contributed by atoms with van der Waals surface area (Å²) in [4.78, 5) is 11.6. The number of nitro groups is 1. The molecule has 3 N–H and O–H groups in total. The van der Waals surface area contributed by atoms with Crippen molar-refractivity contribution < 1.29 is 15.1 Å². The molecule has 0 aliphatic rings. The van der Waals surface area contributed by atoms with Crippen LogP contribution in [0.4, 0.5) is 17.1 Å². The Hall–Kier alpha value is -1.86. The lowest BCUT2D eigenvalue weighted by molar-refractivity contribution is -0.383. The van der Waals surface area contributed by atoms with Gasteiger partial charge in [-0.15, -0.1) is 0 Å². The molecule has 1 rings (SSSR count). The van der Waals surface area contributed by atoms with E-state index in [4.69, 9.17) is 0 Å². The third kappa shape index (κ3) is 2.69. The molecule has 0 heterocycles. The number of hydrogen-bond acceptors (Lipinski definition) is 6. The van der Waals surface area contributed by atoms with E-state index in [9.17, 15) is 20.3 Å². The van der Waals surface area contributed by atoms with E-state index in [0.717, 1.165) is 0 Å². The summed E-state index contributed by atoms with van der Waals surface area (Å²) in [6, 6.07) is 4.40. The van der Waals surface area contributed by atoms with Gasteiger partial charge in [-0.1, -0.05) is 6.92 Å². The minimum atomic E-state index is -2.03. The third-order valence-corrected chi connectivity index (χ3v) is 2.85. The van der Waals surface area contributed by atoms with Crippen LogP contribution in [-0.2, 0) is 0 Å². The molecule has 18 heavy (non-hydrogen) atoms. The van der Waals surface area contributed by atoms with Gasteiger partial charge in [0.15, 0.2) is 0 Å². The van der Waals surface area contributed by atoms with E-state index in [0.29, 0.717) is 11.4 Å². The van der Waals surface area contributed by atoms with Crippen LogP contribution < -0.4 is 10.2 Å². The number of nitrogens with one attached hydrogen (secondary N) is 1. The van der Waals surface area contributed by atoms with Gasteiger partial charge in [0.25, 0.3) is 5.69 Å². The average molecular weight is 255 g/mol. The molecule has 0 unspecified atom stereocenters.